The molecular weight excluding hydrogens is 320 g/mol. The van der Waals surface area contributed by atoms with Crippen LogP contribution in [-0.4, -0.2) is 49.7 Å². The molecule has 1 fully saturated rings. The van der Waals surface area contributed by atoms with Gasteiger partial charge in [-0.05, 0) is 29.9 Å². The second kappa shape index (κ2) is 7.64. The number of carbonyl (C=O) groups is 1. The van der Waals surface area contributed by atoms with E-state index in [1.54, 1.807) is 11.3 Å². The van der Waals surface area contributed by atoms with E-state index in [0.717, 1.165) is 36.7 Å². The van der Waals surface area contributed by atoms with E-state index in [1.807, 2.05) is 19.1 Å². The van der Waals surface area contributed by atoms with Gasteiger partial charge >= 0.3 is 0 Å². The van der Waals surface area contributed by atoms with Crippen LogP contribution in [-0.2, 0) is 4.74 Å². The lowest BCUT2D eigenvalue weighted by Crippen LogP contribution is -2.51. The summed E-state index contributed by atoms with van der Waals surface area (Å²) >= 11 is 1.58. The van der Waals surface area contributed by atoms with E-state index in [0.29, 0.717) is 18.5 Å². The van der Waals surface area contributed by atoms with Gasteiger partial charge in [-0.3, -0.25) is 9.69 Å². The van der Waals surface area contributed by atoms with E-state index in [-0.39, 0.29) is 5.91 Å². The first kappa shape index (κ1) is 17.4. The molecule has 1 aromatic carbocycles. The van der Waals surface area contributed by atoms with E-state index in [4.69, 9.17) is 4.74 Å². The average molecular weight is 346 g/mol. The molecule has 1 unspecified atom stereocenters. The van der Waals surface area contributed by atoms with Crippen LogP contribution >= 0.6 is 11.3 Å². The van der Waals surface area contributed by atoms with E-state index in [1.165, 1.54) is 10.1 Å². The summed E-state index contributed by atoms with van der Waals surface area (Å²) in [5, 5.41) is 4.35. The predicted octanol–water partition coefficient (Wildman–Crippen LogP) is 3.30. The fourth-order valence-corrected chi connectivity index (χ4v) is 4.49. The fraction of sp³-hybridized carbons (Fsp3) is 0.526. The summed E-state index contributed by atoms with van der Waals surface area (Å²) in [6, 6.07) is 8.56. The van der Waals surface area contributed by atoms with Gasteiger partial charge in [-0.15, -0.1) is 11.3 Å². The molecule has 1 aliphatic rings. The molecule has 0 aliphatic carbocycles. The van der Waals surface area contributed by atoms with Gasteiger partial charge in [0, 0.05) is 30.4 Å². The van der Waals surface area contributed by atoms with Crippen molar-refractivity contribution in [3.8, 4) is 0 Å². The van der Waals surface area contributed by atoms with E-state index in [9.17, 15) is 4.79 Å². The molecule has 0 radical (unpaired) electrons. The minimum absolute atomic E-state index is 0.0487. The minimum atomic E-state index is 0.0487. The molecule has 2 heterocycles. The molecule has 4 nitrogen and oxygen atoms in total. The summed E-state index contributed by atoms with van der Waals surface area (Å²) in [6.07, 6.45) is 0. The molecule has 130 valence electrons. The number of fused-ring (bicyclic) bond motifs is 1. The van der Waals surface area contributed by atoms with Crippen LogP contribution in [0.15, 0.2) is 24.3 Å². The van der Waals surface area contributed by atoms with Gasteiger partial charge in [-0.1, -0.05) is 32.0 Å². The van der Waals surface area contributed by atoms with Crippen LogP contribution in [0.3, 0.4) is 0 Å². The van der Waals surface area contributed by atoms with Crippen LogP contribution in [0.5, 0.6) is 0 Å². The maximum atomic E-state index is 12.7. The van der Waals surface area contributed by atoms with Gasteiger partial charge in [-0.2, -0.15) is 0 Å². The van der Waals surface area contributed by atoms with Gasteiger partial charge in [0.2, 0.25) is 0 Å². The van der Waals surface area contributed by atoms with Gasteiger partial charge < -0.3 is 10.1 Å². The van der Waals surface area contributed by atoms with Crippen LogP contribution in [0.2, 0.25) is 0 Å². The van der Waals surface area contributed by atoms with Crippen LogP contribution in [0.25, 0.3) is 10.1 Å². The van der Waals surface area contributed by atoms with Crippen molar-refractivity contribution in [3.05, 3.63) is 34.7 Å². The Morgan fingerprint density at radius 2 is 2.00 bits per heavy atom. The van der Waals surface area contributed by atoms with Crippen molar-refractivity contribution in [1.29, 1.82) is 0 Å². The molecule has 1 N–H and O–H groups in total. The van der Waals surface area contributed by atoms with Crippen LogP contribution in [0.1, 0.15) is 29.1 Å². The molecule has 1 atom stereocenters. The molecular formula is C19H26N2O2S. The highest BCUT2D eigenvalue weighted by Gasteiger charge is 2.25. The van der Waals surface area contributed by atoms with Crippen LogP contribution in [0.4, 0.5) is 0 Å². The maximum Gasteiger partial charge on any atom is 0.261 e. The molecule has 0 saturated carbocycles. The summed E-state index contributed by atoms with van der Waals surface area (Å²) in [7, 11) is 0. The van der Waals surface area contributed by atoms with Gasteiger partial charge in [0.25, 0.3) is 5.91 Å². The number of nitrogens with zero attached hydrogens (tertiary/aromatic N) is 1. The Bertz CT molecular complexity index is 704. The molecule has 3 rings (SSSR count). The molecule has 5 heteroatoms. The maximum absolute atomic E-state index is 12.7. The topological polar surface area (TPSA) is 41.6 Å². The Balaban J connectivity index is 1.69. The predicted molar refractivity (Wildman–Crippen MR) is 99.9 cm³/mol. The quantitative estimate of drug-likeness (QED) is 0.903. The second-order valence-electron chi connectivity index (χ2n) is 6.72. The summed E-state index contributed by atoms with van der Waals surface area (Å²) in [6.45, 7) is 10.6. The van der Waals surface area contributed by atoms with Gasteiger partial charge in [0.15, 0.2) is 0 Å². The Labute approximate surface area is 147 Å². The van der Waals surface area contributed by atoms with E-state index >= 15 is 0 Å². The highest BCUT2D eigenvalue weighted by Crippen LogP contribution is 2.30. The summed E-state index contributed by atoms with van der Waals surface area (Å²) in [5.74, 6) is 0.541. The highest BCUT2D eigenvalue weighted by atomic mass is 32.1. The van der Waals surface area contributed by atoms with Crippen LogP contribution in [0, 0.1) is 12.8 Å². The summed E-state index contributed by atoms with van der Waals surface area (Å²) < 4.78 is 6.62. The Morgan fingerprint density at radius 3 is 2.67 bits per heavy atom. The first-order valence-corrected chi connectivity index (χ1v) is 9.47. The molecule has 24 heavy (non-hydrogen) atoms. The van der Waals surface area contributed by atoms with Crippen molar-refractivity contribution < 1.29 is 9.53 Å². The van der Waals surface area contributed by atoms with Crippen molar-refractivity contribution in [2.75, 3.05) is 32.8 Å². The molecule has 1 saturated heterocycles. The Kier molecular flexibility index (Phi) is 5.54. The Hall–Kier alpha value is -1.43. The van der Waals surface area contributed by atoms with Gasteiger partial charge in [-0.25, -0.2) is 0 Å². The molecule has 1 aromatic heterocycles. The Morgan fingerprint density at radius 1 is 1.29 bits per heavy atom. The highest BCUT2D eigenvalue weighted by molar-refractivity contribution is 7.21. The molecule has 1 amide bonds. The zero-order chi connectivity index (χ0) is 17.1. The summed E-state index contributed by atoms with van der Waals surface area (Å²) in [5.41, 5.74) is 1.08. The number of nitrogens with one attached hydrogen (secondary N) is 1. The fourth-order valence-electron chi connectivity index (χ4n) is 3.36. The lowest BCUT2D eigenvalue weighted by atomic mass is 10.0. The number of morpholine rings is 1. The largest absolute Gasteiger partial charge is 0.379 e. The SMILES string of the molecule is Cc1c(C(=O)NCC(C(C)C)N2CCOCC2)sc2ccccc12. The third-order valence-corrected chi connectivity index (χ3v) is 6.08. The van der Waals surface area contributed by atoms with Gasteiger partial charge in [0.05, 0.1) is 18.1 Å². The van der Waals surface area contributed by atoms with Crippen molar-refractivity contribution in [1.82, 2.24) is 10.2 Å². The first-order valence-electron chi connectivity index (χ1n) is 8.66. The number of hydrogen-bond donors (Lipinski definition) is 1. The molecule has 1 aliphatic heterocycles. The molecule has 0 spiro atoms. The zero-order valence-electron chi connectivity index (χ0n) is 14.7. The number of hydrogen-bond acceptors (Lipinski definition) is 4. The van der Waals surface area contributed by atoms with Gasteiger partial charge in [0.1, 0.15) is 0 Å². The standard InChI is InChI=1S/C19H26N2O2S/c1-13(2)16(21-8-10-23-11-9-21)12-20-19(22)18-14(3)15-6-4-5-7-17(15)24-18/h4-7,13,16H,8-12H2,1-3H3,(H,20,22). The molecule has 0 bridgehead atoms. The third kappa shape index (κ3) is 3.63. The normalized spacial score (nSPS) is 17.3. The number of benzene rings is 1. The number of aryl methyl sites for hydroxylation is 1. The lowest BCUT2D eigenvalue weighted by molar-refractivity contribution is 0.00674. The third-order valence-electron chi connectivity index (χ3n) is 4.81. The van der Waals surface area contributed by atoms with E-state index in [2.05, 4.69) is 36.2 Å². The van der Waals surface area contributed by atoms with Crippen molar-refractivity contribution >= 4 is 27.3 Å². The smallest absolute Gasteiger partial charge is 0.261 e. The number of carbonyl (C=O) groups excluding carboxylic acids is 1. The number of rotatable bonds is 5. The summed E-state index contributed by atoms with van der Waals surface area (Å²) in [4.78, 5) is 16.0. The number of thiophene rings is 1. The van der Waals surface area contributed by atoms with Crippen molar-refractivity contribution in [2.24, 2.45) is 5.92 Å². The van der Waals surface area contributed by atoms with Crippen molar-refractivity contribution in [2.45, 2.75) is 26.8 Å². The number of amides is 1. The van der Waals surface area contributed by atoms with Crippen LogP contribution < -0.4 is 5.32 Å². The first-order chi connectivity index (χ1) is 11.6. The zero-order valence-corrected chi connectivity index (χ0v) is 15.5. The lowest BCUT2D eigenvalue weighted by Gasteiger charge is -2.36. The number of ether oxygens (including phenoxy) is 1. The molecule has 2 aromatic rings. The minimum Gasteiger partial charge on any atom is -0.379 e. The average Bonchev–Trinajstić information content (AvgIpc) is 2.93. The second-order valence-corrected chi connectivity index (χ2v) is 7.77. The van der Waals surface area contributed by atoms with Crippen molar-refractivity contribution in [3.63, 3.8) is 0 Å². The monoisotopic (exact) mass is 346 g/mol. The van der Waals surface area contributed by atoms with E-state index < -0.39 is 0 Å².